The standard InChI is InChI=1S/C17H12ClFN4O/c18-9-5-6-13(10(19)7-9)23-8-14(24)15(16(23)20)17-21-11-3-1-2-4-12(11)22-17/h1-7,20,24H,8H2,(H,21,22). The molecule has 0 saturated carbocycles. The molecule has 2 aromatic carbocycles. The van der Waals surface area contributed by atoms with Gasteiger partial charge in [0.25, 0.3) is 0 Å². The number of hydrogen-bond donors (Lipinski definition) is 3. The molecule has 3 aromatic rings. The first-order chi connectivity index (χ1) is 11.5. The molecule has 7 heteroatoms. The van der Waals surface area contributed by atoms with Crippen LogP contribution >= 0.6 is 11.6 Å². The minimum Gasteiger partial charge on any atom is -0.509 e. The topological polar surface area (TPSA) is 76.0 Å². The summed E-state index contributed by atoms with van der Waals surface area (Å²) in [7, 11) is 0. The van der Waals surface area contributed by atoms with Crippen molar-refractivity contribution in [3.05, 3.63) is 64.9 Å². The predicted octanol–water partition coefficient (Wildman–Crippen LogP) is 4.12. The summed E-state index contributed by atoms with van der Waals surface area (Å²) in [6.07, 6.45) is 0. The highest BCUT2D eigenvalue weighted by Crippen LogP contribution is 2.32. The molecule has 0 bridgehead atoms. The molecule has 0 saturated heterocycles. The Balaban J connectivity index is 1.75. The van der Waals surface area contributed by atoms with Gasteiger partial charge in [-0.25, -0.2) is 9.37 Å². The number of aromatic nitrogens is 2. The molecule has 0 unspecified atom stereocenters. The number of benzene rings is 2. The Morgan fingerprint density at radius 1 is 1.25 bits per heavy atom. The van der Waals surface area contributed by atoms with Crippen LogP contribution in [0.3, 0.4) is 0 Å². The number of nitrogens with one attached hydrogen (secondary N) is 2. The maximum Gasteiger partial charge on any atom is 0.148 e. The van der Waals surface area contributed by atoms with Gasteiger partial charge in [-0.2, -0.15) is 0 Å². The number of aliphatic hydroxyl groups excluding tert-OH is 1. The number of fused-ring (bicyclic) bond motifs is 1. The van der Waals surface area contributed by atoms with Crippen molar-refractivity contribution in [2.75, 3.05) is 11.4 Å². The Labute approximate surface area is 141 Å². The van der Waals surface area contributed by atoms with E-state index >= 15 is 0 Å². The molecular formula is C17H12ClFN4O. The Kier molecular flexibility index (Phi) is 3.28. The highest BCUT2D eigenvalue weighted by Gasteiger charge is 2.32. The Bertz CT molecular complexity index is 978. The lowest BCUT2D eigenvalue weighted by atomic mass is 10.2. The number of para-hydroxylation sites is 2. The first kappa shape index (κ1) is 14.7. The predicted molar refractivity (Wildman–Crippen MR) is 92.1 cm³/mol. The fourth-order valence-electron chi connectivity index (χ4n) is 2.81. The molecule has 0 fully saturated rings. The number of rotatable bonds is 2. The van der Waals surface area contributed by atoms with Crippen molar-refractivity contribution < 1.29 is 9.50 Å². The van der Waals surface area contributed by atoms with Crippen LogP contribution < -0.4 is 4.90 Å². The fraction of sp³-hybridized carbons (Fsp3) is 0.0588. The molecule has 0 radical (unpaired) electrons. The molecule has 120 valence electrons. The normalized spacial score (nSPS) is 14.9. The van der Waals surface area contributed by atoms with Crippen LogP contribution in [0.25, 0.3) is 16.6 Å². The van der Waals surface area contributed by atoms with Crippen LogP contribution in [0.2, 0.25) is 5.02 Å². The summed E-state index contributed by atoms with van der Waals surface area (Å²) in [5.41, 5.74) is 1.98. The second-order valence-corrected chi connectivity index (χ2v) is 5.89. The SMILES string of the molecule is N=C1C(c2nc3ccccc3[nH]2)=C(O)CN1c1ccc(Cl)cc1F. The van der Waals surface area contributed by atoms with E-state index in [1.807, 2.05) is 24.3 Å². The number of aliphatic hydroxyl groups is 1. The summed E-state index contributed by atoms with van der Waals surface area (Å²) in [4.78, 5) is 8.87. The number of nitrogens with zero attached hydrogens (tertiary/aromatic N) is 2. The molecule has 5 nitrogen and oxygen atoms in total. The van der Waals surface area contributed by atoms with E-state index < -0.39 is 5.82 Å². The summed E-state index contributed by atoms with van der Waals surface area (Å²) < 4.78 is 14.2. The quantitative estimate of drug-likeness (QED) is 0.655. The Hall–Kier alpha value is -2.86. The van der Waals surface area contributed by atoms with E-state index in [-0.39, 0.29) is 34.4 Å². The minimum atomic E-state index is -0.550. The molecule has 24 heavy (non-hydrogen) atoms. The third-order valence-electron chi connectivity index (χ3n) is 3.93. The maximum atomic E-state index is 14.2. The van der Waals surface area contributed by atoms with Crippen molar-refractivity contribution in [2.45, 2.75) is 0 Å². The molecule has 4 rings (SSSR count). The number of halogens is 2. The van der Waals surface area contributed by atoms with E-state index in [0.717, 1.165) is 11.0 Å². The molecule has 0 atom stereocenters. The van der Waals surface area contributed by atoms with Crippen molar-refractivity contribution in [2.24, 2.45) is 0 Å². The van der Waals surface area contributed by atoms with Gasteiger partial charge >= 0.3 is 0 Å². The van der Waals surface area contributed by atoms with Crippen LogP contribution in [0.15, 0.2) is 48.2 Å². The van der Waals surface area contributed by atoms with Gasteiger partial charge in [-0.1, -0.05) is 23.7 Å². The van der Waals surface area contributed by atoms with E-state index in [2.05, 4.69) is 9.97 Å². The van der Waals surface area contributed by atoms with Gasteiger partial charge in [-0.05, 0) is 30.3 Å². The van der Waals surface area contributed by atoms with Gasteiger partial charge in [0.1, 0.15) is 23.2 Å². The maximum absolute atomic E-state index is 14.2. The third-order valence-corrected chi connectivity index (χ3v) is 4.16. The van der Waals surface area contributed by atoms with Crippen LogP contribution in [0.5, 0.6) is 0 Å². The molecule has 0 spiro atoms. The van der Waals surface area contributed by atoms with Crippen molar-refractivity contribution >= 4 is 39.7 Å². The van der Waals surface area contributed by atoms with Gasteiger partial charge in [0.2, 0.25) is 0 Å². The van der Waals surface area contributed by atoms with Crippen LogP contribution in [-0.4, -0.2) is 27.5 Å². The number of imidazole rings is 1. The van der Waals surface area contributed by atoms with Crippen molar-refractivity contribution in [1.82, 2.24) is 9.97 Å². The highest BCUT2D eigenvalue weighted by molar-refractivity contribution is 6.31. The van der Waals surface area contributed by atoms with Gasteiger partial charge in [-0.3, -0.25) is 5.41 Å². The fourth-order valence-corrected chi connectivity index (χ4v) is 2.96. The molecule has 0 aliphatic carbocycles. The van der Waals surface area contributed by atoms with Crippen LogP contribution in [0.1, 0.15) is 5.82 Å². The van der Waals surface area contributed by atoms with E-state index in [9.17, 15) is 9.50 Å². The summed E-state index contributed by atoms with van der Waals surface area (Å²) in [5.74, 6) is -0.220. The monoisotopic (exact) mass is 342 g/mol. The molecule has 1 aliphatic rings. The molecule has 3 N–H and O–H groups in total. The first-order valence-electron chi connectivity index (χ1n) is 7.23. The third kappa shape index (κ3) is 2.23. The van der Waals surface area contributed by atoms with E-state index in [1.54, 1.807) is 6.07 Å². The average Bonchev–Trinajstić information content (AvgIpc) is 3.08. The van der Waals surface area contributed by atoms with Crippen LogP contribution in [0, 0.1) is 11.2 Å². The first-order valence-corrected chi connectivity index (χ1v) is 7.61. The Morgan fingerprint density at radius 3 is 2.79 bits per heavy atom. The second-order valence-electron chi connectivity index (χ2n) is 5.45. The number of aromatic amines is 1. The molecular weight excluding hydrogens is 331 g/mol. The van der Waals surface area contributed by atoms with E-state index in [4.69, 9.17) is 17.0 Å². The number of H-pyrrole nitrogens is 1. The van der Waals surface area contributed by atoms with Crippen LogP contribution in [0.4, 0.5) is 10.1 Å². The number of amidine groups is 1. The zero-order valence-electron chi connectivity index (χ0n) is 12.3. The van der Waals surface area contributed by atoms with Crippen molar-refractivity contribution in [3.63, 3.8) is 0 Å². The zero-order valence-corrected chi connectivity index (χ0v) is 13.1. The molecule has 2 heterocycles. The lowest BCUT2D eigenvalue weighted by Gasteiger charge is -2.19. The molecule has 1 aliphatic heterocycles. The zero-order chi connectivity index (χ0) is 16.8. The average molecular weight is 343 g/mol. The largest absolute Gasteiger partial charge is 0.509 e. The summed E-state index contributed by atoms with van der Waals surface area (Å²) in [5, 5.41) is 18.9. The summed E-state index contributed by atoms with van der Waals surface area (Å²) in [6.45, 7) is 0.00373. The highest BCUT2D eigenvalue weighted by atomic mass is 35.5. The van der Waals surface area contributed by atoms with Gasteiger partial charge < -0.3 is 15.0 Å². The smallest absolute Gasteiger partial charge is 0.148 e. The summed E-state index contributed by atoms with van der Waals surface area (Å²) >= 11 is 5.77. The number of hydrogen-bond acceptors (Lipinski definition) is 3. The van der Waals surface area contributed by atoms with Crippen LogP contribution in [-0.2, 0) is 0 Å². The molecule has 0 amide bonds. The van der Waals surface area contributed by atoms with E-state index in [1.165, 1.54) is 17.0 Å². The molecule has 1 aromatic heterocycles. The lowest BCUT2D eigenvalue weighted by Crippen LogP contribution is -2.27. The van der Waals surface area contributed by atoms with Crippen molar-refractivity contribution in [1.29, 1.82) is 5.41 Å². The van der Waals surface area contributed by atoms with E-state index in [0.29, 0.717) is 5.82 Å². The lowest BCUT2D eigenvalue weighted by molar-refractivity contribution is 0.411. The Morgan fingerprint density at radius 2 is 2.04 bits per heavy atom. The van der Waals surface area contributed by atoms with Gasteiger partial charge in [0.15, 0.2) is 0 Å². The van der Waals surface area contributed by atoms with Gasteiger partial charge in [0, 0.05) is 5.02 Å². The second kappa shape index (κ2) is 5.35. The van der Waals surface area contributed by atoms with Gasteiger partial charge in [-0.15, -0.1) is 0 Å². The van der Waals surface area contributed by atoms with Gasteiger partial charge in [0.05, 0.1) is 28.8 Å². The minimum absolute atomic E-state index is 0.00373. The summed E-state index contributed by atoms with van der Waals surface area (Å²) in [6, 6.07) is 11.6. The van der Waals surface area contributed by atoms with Crippen molar-refractivity contribution in [3.8, 4) is 0 Å². The number of anilines is 1.